The monoisotopic (exact) mass is 448 g/mol. The van der Waals surface area contributed by atoms with Crippen molar-refractivity contribution in [1.82, 2.24) is 10.0 Å². The molecule has 0 saturated carbocycles. The minimum absolute atomic E-state index is 0.00925. The molecule has 1 N–H and O–H groups in total. The standard InChI is InChI=1S/C23H29ClN2O5/c1-13-20(17-9-8-16(24)10-15(17)12-23(3,4)29)18(11-19(27)30-6)14(2)25-21(13)22(28)26(5)31-7/h8-10,29H,11-12H2,1-7H3. The maximum absolute atomic E-state index is 12.9. The summed E-state index contributed by atoms with van der Waals surface area (Å²) in [5.74, 6) is -0.830. The number of rotatable bonds is 7. The number of amides is 1. The first-order valence-electron chi connectivity index (χ1n) is 9.79. The Morgan fingerprint density at radius 2 is 1.87 bits per heavy atom. The van der Waals surface area contributed by atoms with Crippen LogP contribution in [0, 0.1) is 13.8 Å². The molecule has 1 aromatic carbocycles. The minimum atomic E-state index is -0.993. The Morgan fingerprint density at radius 3 is 2.42 bits per heavy atom. The maximum atomic E-state index is 12.9. The van der Waals surface area contributed by atoms with Crippen molar-refractivity contribution >= 4 is 23.5 Å². The van der Waals surface area contributed by atoms with Crippen molar-refractivity contribution in [1.29, 1.82) is 0 Å². The van der Waals surface area contributed by atoms with Crippen molar-refractivity contribution < 1.29 is 24.3 Å². The van der Waals surface area contributed by atoms with Gasteiger partial charge < -0.3 is 9.84 Å². The average Bonchev–Trinajstić information content (AvgIpc) is 2.69. The lowest BCUT2D eigenvalue weighted by atomic mass is 9.85. The fourth-order valence-electron chi connectivity index (χ4n) is 3.50. The molecule has 0 fully saturated rings. The number of carbonyl (C=O) groups excluding carboxylic acids is 2. The van der Waals surface area contributed by atoms with Crippen LogP contribution in [-0.4, -0.2) is 53.9 Å². The highest BCUT2D eigenvalue weighted by Gasteiger charge is 2.26. The molecular weight excluding hydrogens is 420 g/mol. The van der Waals surface area contributed by atoms with Crippen LogP contribution in [0.4, 0.5) is 0 Å². The van der Waals surface area contributed by atoms with Gasteiger partial charge in [-0.05, 0) is 67.6 Å². The average molecular weight is 449 g/mol. The molecule has 0 spiro atoms. The maximum Gasteiger partial charge on any atom is 0.310 e. The van der Waals surface area contributed by atoms with Gasteiger partial charge in [0.2, 0.25) is 0 Å². The molecule has 168 valence electrons. The van der Waals surface area contributed by atoms with Gasteiger partial charge in [-0.15, -0.1) is 0 Å². The van der Waals surface area contributed by atoms with Crippen molar-refractivity contribution in [2.75, 3.05) is 21.3 Å². The normalized spacial score (nSPS) is 11.4. The molecule has 8 heteroatoms. The van der Waals surface area contributed by atoms with Gasteiger partial charge in [0.25, 0.3) is 5.91 Å². The van der Waals surface area contributed by atoms with Gasteiger partial charge in [0, 0.05) is 24.2 Å². The van der Waals surface area contributed by atoms with E-state index in [1.165, 1.54) is 21.3 Å². The van der Waals surface area contributed by atoms with Crippen LogP contribution in [-0.2, 0) is 27.2 Å². The molecule has 0 unspecified atom stereocenters. The minimum Gasteiger partial charge on any atom is -0.469 e. The lowest BCUT2D eigenvalue weighted by molar-refractivity contribution is -0.139. The first-order chi connectivity index (χ1) is 14.4. The number of nitrogens with zero attached hydrogens (tertiary/aromatic N) is 2. The van der Waals surface area contributed by atoms with Crippen LogP contribution in [0.25, 0.3) is 11.1 Å². The summed E-state index contributed by atoms with van der Waals surface area (Å²) < 4.78 is 4.88. The van der Waals surface area contributed by atoms with Gasteiger partial charge in [-0.1, -0.05) is 17.7 Å². The third-order valence-electron chi connectivity index (χ3n) is 5.02. The molecule has 2 rings (SSSR count). The predicted molar refractivity (Wildman–Crippen MR) is 119 cm³/mol. The zero-order chi connectivity index (χ0) is 23.5. The molecule has 0 aliphatic carbocycles. The summed E-state index contributed by atoms with van der Waals surface area (Å²) in [6.07, 6.45) is 0.313. The number of aromatic nitrogens is 1. The summed E-state index contributed by atoms with van der Waals surface area (Å²) >= 11 is 6.25. The molecule has 0 aliphatic heterocycles. The summed E-state index contributed by atoms with van der Waals surface area (Å²) in [6, 6.07) is 5.36. The fraction of sp³-hybridized carbons (Fsp3) is 0.435. The van der Waals surface area contributed by atoms with Crippen LogP contribution in [0.3, 0.4) is 0 Å². The zero-order valence-corrected chi connectivity index (χ0v) is 19.8. The highest BCUT2D eigenvalue weighted by Crippen LogP contribution is 2.36. The van der Waals surface area contributed by atoms with Gasteiger partial charge in [0.05, 0.1) is 26.2 Å². The number of aliphatic hydroxyl groups is 1. The van der Waals surface area contributed by atoms with E-state index in [-0.39, 0.29) is 12.1 Å². The molecule has 1 amide bonds. The first kappa shape index (κ1) is 24.8. The van der Waals surface area contributed by atoms with Crippen LogP contribution >= 0.6 is 11.6 Å². The molecule has 2 aromatic rings. The van der Waals surface area contributed by atoms with Crippen LogP contribution < -0.4 is 0 Å². The smallest absolute Gasteiger partial charge is 0.310 e. The van der Waals surface area contributed by atoms with Crippen LogP contribution in [0.2, 0.25) is 5.02 Å². The van der Waals surface area contributed by atoms with Gasteiger partial charge in [-0.3, -0.25) is 14.4 Å². The highest BCUT2D eigenvalue weighted by atomic mass is 35.5. The number of benzene rings is 1. The highest BCUT2D eigenvalue weighted by molar-refractivity contribution is 6.30. The lowest BCUT2D eigenvalue weighted by Crippen LogP contribution is -2.28. The van der Waals surface area contributed by atoms with Crippen molar-refractivity contribution in [3.8, 4) is 11.1 Å². The second kappa shape index (κ2) is 9.77. The van der Waals surface area contributed by atoms with Crippen LogP contribution in [0.1, 0.15) is 46.7 Å². The number of carbonyl (C=O) groups is 2. The molecule has 0 bridgehead atoms. The number of hydrogen-bond acceptors (Lipinski definition) is 6. The van der Waals surface area contributed by atoms with E-state index >= 15 is 0 Å². The third kappa shape index (κ3) is 5.81. The number of pyridine rings is 1. The van der Waals surface area contributed by atoms with E-state index in [9.17, 15) is 14.7 Å². The Kier molecular flexibility index (Phi) is 7.81. The molecule has 1 heterocycles. The van der Waals surface area contributed by atoms with E-state index in [0.29, 0.717) is 33.8 Å². The fourth-order valence-corrected chi connectivity index (χ4v) is 3.70. The van der Waals surface area contributed by atoms with E-state index in [4.69, 9.17) is 21.2 Å². The number of hydrogen-bond donors (Lipinski definition) is 1. The predicted octanol–water partition coefficient (Wildman–Crippen LogP) is 3.68. The van der Waals surface area contributed by atoms with Gasteiger partial charge in [-0.2, -0.15) is 0 Å². The van der Waals surface area contributed by atoms with E-state index in [1.54, 1.807) is 39.8 Å². The molecule has 1 aromatic heterocycles. The largest absolute Gasteiger partial charge is 0.469 e. The number of hydroxylamine groups is 2. The number of esters is 1. The van der Waals surface area contributed by atoms with E-state index < -0.39 is 17.5 Å². The molecule has 0 saturated heterocycles. The summed E-state index contributed by atoms with van der Waals surface area (Å²) in [6.45, 7) is 6.94. The van der Waals surface area contributed by atoms with E-state index in [2.05, 4.69) is 4.98 Å². The van der Waals surface area contributed by atoms with Gasteiger partial charge >= 0.3 is 5.97 Å². The van der Waals surface area contributed by atoms with Gasteiger partial charge in [-0.25, -0.2) is 10.0 Å². The Bertz CT molecular complexity index is 998. The molecule has 0 aliphatic rings. The SMILES string of the molecule is COC(=O)Cc1c(C)nc(C(=O)N(C)OC)c(C)c1-c1ccc(Cl)cc1CC(C)(C)O. The van der Waals surface area contributed by atoms with E-state index in [1.807, 2.05) is 6.07 Å². The van der Waals surface area contributed by atoms with Crippen LogP contribution in [0.15, 0.2) is 18.2 Å². The summed E-state index contributed by atoms with van der Waals surface area (Å²) in [4.78, 5) is 34.6. The Morgan fingerprint density at radius 1 is 1.23 bits per heavy atom. The molecule has 0 radical (unpaired) electrons. The molecule has 31 heavy (non-hydrogen) atoms. The Labute approximate surface area is 187 Å². The van der Waals surface area contributed by atoms with Crippen LogP contribution in [0.5, 0.6) is 0 Å². The lowest BCUT2D eigenvalue weighted by Gasteiger charge is -2.24. The molecule has 0 atom stereocenters. The van der Waals surface area contributed by atoms with Crippen molar-refractivity contribution in [3.63, 3.8) is 0 Å². The number of halogens is 1. The van der Waals surface area contributed by atoms with Crippen molar-refractivity contribution in [2.45, 2.75) is 46.1 Å². The summed E-state index contributed by atoms with van der Waals surface area (Å²) in [5, 5.41) is 12.1. The topological polar surface area (TPSA) is 89.0 Å². The zero-order valence-electron chi connectivity index (χ0n) is 19.0. The van der Waals surface area contributed by atoms with Gasteiger partial charge in [0.1, 0.15) is 5.69 Å². The number of methoxy groups -OCH3 is 1. The Balaban J connectivity index is 2.87. The van der Waals surface area contributed by atoms with Gasteiger partial charge in [0.15, 0.2) is 0 Å². The van der Waals surface area contributed by atoms with Crippen molar-refractivity contribution in [3.05, 3.63) is 51.3 Å². The summed E-state index contributed by atoms with van der Waals surface area (Å²) in [7, 11) is 4.22. The first-order valence-corrected chi connectivity index (χ1v) is 10.2. The van der Waals surface area contributed by atoms with Crippen molar-refractivity contribution in [2.24, 2.45) is 0 Å². The quantitative estimate of drug-likeness (QED) is 0.513. The number of aryl methyl sites for hydroxylation is 1. The molecule has 7 nitrogen and oxygen atoms in total. The molecular formula is C23H29ClN2O5. The summed E-state index contributed by atoms with van der Waals surface area (Å²) in [5.41, 5.74) is 3.26. The number of ether oxygens (including phenoxy) is 1. The second-order valence-electron chi connectivity index (χ2n) is 8.05. The Hall–Kier alpha value is -2.48. The third-order valence-corrected chi connectivity index (χ3v) is 5.25. The second-order valence-corrected chi connectivity index (χ2v) is 8.49. The van der Waals surface area contributed by atoms with E-state index in [0.717, 1.165) is 16.2 Å².